The monoisotopic (exact) mass is 541 g/mol. The molecule has 1 aliphatic rings. The van der Waals surface area contributed by atoms with Crippen molar-refractivity contribution in [3.05, 3.63) is 105 Å². The summed E-state index contributed by atoms with van der Waals surface area (Å²) in [5.41, 5.74) is 2.25. The number of aryl methyl sites for hydroxylation is 1. The van der Waals surface area contributed by atoms with Gasteiger partial charge in [0.25, 0.3) is 5.91 Å². The first-order valence-electron chi connectivity index (χ1n) is 11.4. The third-order valence-electron chi connectivity index (χ3n) is 6.31. The lowest BCUT2D eigenvalue weighted by Crippen LogP contribution is -2.25. The highest BCUT2D eigenvalue weighted by atomic mass is 35.5. The van der Waals surface area contributed by atoms with E-state index in [1.165, 1.54) is 18.2 Å². The number of alkyl halides is 3. The number of aromatic nitrogens is 1. The maximum atomic E-state index is 14.0. The SMILES string of the molecule is Cc1ccc2c(c1)c(/C=C1/C(=O)N(c3ccccc3)N=C1C(F)(F)F)c(C)n2Cc1ccc(Cl)cc1Cl. The fourth-order valence-electron chi connectivity index (χ4n) is 4.47. The highest BCUT2D eigenvalue weighted by molar-refractivity contribution is 6.35. The van der Waals surface area contributed by atoms with E-state index in [-0.39, 0.29) is 5.69 Å². The molecule has 0 N–H and O–H groups in total. The first-order chi connectivity index (χ1) is 17.5. The van der Waals surface area contributed by atoms with Crippen LogP contribution in [0.4, 0.5) is 18.9 Å². The van der Waals surface area contributed by atoms with Crippen molar-refractivity contribution < 1.29 is 18.0 Å². The van der Waals surface area contributed by atoms with Crippen LogP contribution in [0.3, 0.4) is 0 Å². The predicted molar refractivity (Wildman–Crippen MR) is 142 cm³/mol. The van der Waals surface area contributed by atoms with Gasteiger partial charge >= 0.3 is 6.18 Å². The van der Waals surface area contributed by atoms with Gasteiger partial charge in [-0.05, 0) is 61.9 Å². The van der Waals surface area contributed by atoms with Crippen LogP contribution in [-0.2, 0) is 11.3 Å². The van der Waals surface area contributed by atoms with E-state index in [4.69, 9.17) is 23.2 Å². The van der Waals surface area contributed by atoms with Crippen molar-refractivity contribution >= 4 is 57.5 Å². The summed E-state index contributed by atoms with van der Waals surface area (Å²) in [6, 6.07) is 19.0. The molecule has 0 unspecified atom stereocenters. The summed E-state index contributed by atoms with van der Waals surface area (Å²) in [6.07, 6.45) is -3.52. The Morgan fingerprint density at radius 1 is 0.973 bits per heavy atom. The molecule has 5 rings (SSSR count). The van der Waals surface area contributed by atoms with Gasteiger partial charge in [-0.3, -0.25) is 4.79 Å². The van der Waals surface area contributed by atoms with Crippen LogP contribution in [0.5, 0.6) is 0 Å². The second-order valence-electron chi connectivity index (χ2n) is 8.80. The lowest BCUT2D eigenvalue weighted by atomic mass is 10.0. The highest BCUT2D eigenvalue weighted by Crippen LogP contribution is 2.36. The molecular formula is C28H20Cl2F3N3O. The summed E-state index contributed by atoms with van der Waals surface area (Å²) in [5.74, 6) is -0.841. The Morgan fingerprint density at radius 2 is 1.70 bits per heavy atom. The molecule has 2 heterocycles. The van der Waals surface area contributed by atoms with Gasteiger partial charge < -0.3 is 4.57 Å². The molecule has 4 nitrogen and oxygen atoms in total. The molecule has 188 valence electrons. The Bertz CT molecular complexity index is 1600. The zero-order valence-corrected chi connectivity index (χ0v) is 21.3. The smallest absolute Gasteiger partial charge is 0.340 e. The average molecular weight is 542 g/mol. The van der Waals surface area contributed by atoms with E-state index >= 15 is 0 Å². The van der Waals surface area contributed by atoms with Gasteiger partial charge in [0.15, 0.2) is 5.71 Å². The van der Waals surface area contributed by atoms with Gasteiger partial charge in [-0.1, -0.05) is 59.1 Å². The first kappa shape index (κ1) is 25.1. The number of rotatable bonds is 4. The number of carbonyl (C=O) groups is 1. The molecular weight excluding hydrogens is 522 g/mol. The molecule has 1 amide bonds. The van der Waals surface area contributed by atoms with Crippen molar-refractivity contribution in [1.82, 2.24) is 4.57 Å². The average Bonchev–Trinajstić information content (AvgIpc) is 3.31. The molecule has 3 aromatic carbocycles. The normalized spacial score (nSPS) is 15.2. The minimum absolute atomic E-state index is 0.255. The number of benzene rings is 3. The van der Waals surface area contributed by atoms with Crippen LogP contribution in [0.25, 0.3) is 17.0 Å². The van der Waals surface area contributed by atoms with Crippen LogP contribution >= 0.6 is 23.2 Å². The van der Waals surface area contributed by atoms with Crippen molar-refractivity contribution in [1.29, 1.82) is 0 Å². The van der Waals surface area contributed by atoms with Crippen LogP contribution in [-0.4, -0.2) is 22.4 Å². The van der Waals surface area contributed by atoms with E-state index in [1.807, 2.05) is 42.7 Å². The molecule has 0 fully saturated rings. The maximum absolute atomic E-state index is 14.0. The lowest BCUT2D eigenvalue weighted by Gasteiger charge is -2.11. The highest BCUT2D eigenvalue weighted by Gasteiger charge is 2.47. The number of fused-ring (bicyclic) bond motifs is 1. The molecule has 0 atom stereocenters. The molecule has 1 aromatic heterocycles. The third kappa shape index (κ3) is 4.65. The molecule has 1 aliphatic heterocycles. The molecule has 0 bridgehead atoms. The quantitative estimate of drug-likeness (QED) is 0.241. The molecule has 0 aliphatic carbocycles. The Labute approximate surface area is 221 Å². The first-order valence-corrected chi connectivity index (χ1v) is 12.1. The lowest BCUT2D eigenvalue weighted by molar-refractivity contribution is -0.114. The predicted octanol–water partition coefficient (Wildman–Crippen LogP) is 7.96. The Morgan fingerprint density at radius 3 is 2.38 bits per heavy atom. The largest absolute Gasteiger partial charge is 0.435 e. The van der Waals surface area contributed by atoms with Gasteiger partial charge in [-0.25, -0.2) is 0 Å². The minimum atomic E-state index is -4.82. The second kappa shape index (κ2) is 9.39. The third-order valence-corrected chi connectivity index (χ3v) is 6.89. The van der Waals surface area contributed by atoms with Crippen molar-refractivity contribution in [2.24, 2.45) is 5.10 Å². The number of carbonyl (C=O) groups excluding carboxylic acids is 1. The number of halogens is 5. The Kier molecular flexibility index (Phi) is 6.38. The van der Waals surface area contributed by atoms with E-state index in [2.05, 4.69) is 5.10 Å². The molecule has 37 heavy (non-hydrogen) atoms. The minimum Gasteiger partial charge on any atom is -0.340 e. The van der Waals surface area contributed by atoms with Crippen molar-refractivity contribution in [2.75, 3.05) is 5.01 Å². The number of amides is 1. The van der Waals surface area contributed by atoms with Gasteiger partial charge in [0.1, 0.15) is 0 Å². The number of nitrogens with zero attached hydrogens (tertiary/aromatic N) is 3. The fraction of sp³-hybridized carbons (Fsp3) is 0.143. The van der Waals surface area contributed by atoms with Crippen LogP contribution in [0.15, 0.2) is 77.4 Å². The van der Waals surface area contributed by atoms with Gasteiger partial charge in [-0.15, -0.1) is 0 Å². The summed E-state index contributed by atoms with van der Waals surface area (Å²) in [7, 11) is 0. The number of hydrogen-bond donors (Lipinski definition) is 0. The van der Waals surface area contributed by atoms with Gasteiger partial charge in [0, 0.05) is 38.8 Å². The summed E-state index contributed by atoms with van der Waals surface area (Å²) in [4.78, 5) is 13.3. The van der Waals surface area contributed by atoms with Gasteiger partial charge in [-0.2, -0.15) is 23.3 Å². The van der Waals surface area contributed by atoms with Gasteiger partial charge in [0.05, 0.1) is 11.3 Å². The van der Waals surface area contributed by atoms with E-state index in [9.17, 15) is 18.0 Å². The van der Waals surface area contributed by atoms with Crippen LogP contribution in [0.1, 0.15) is 22.4 Å². The fourth-order valence-corrected chi connectivity index (χ4v) is 4.94. The summed E-state index contributed by atoms with van der Waals surface area (Å²) >= 11 is 12.5. The zero-order valence-electron chi connectivity index (χ0n) is 19.8. The summed E-state index contributed by atoms with van der Waals surface area (Å²) in [5, 5.41) is 6.19. The maximum Gasteiger partial charge on any atom is 0.435 e. The van der Waals surface area contributed by atoms with Crippen LogP contribution in [0.2, 0.25) is 10.0 Å². The molecule has 0 saturated carbocycles. The van der Waals surface area contributed by atoms with Crippen LogP contribution in [0, 0.1) is 13.8 Å². The molecule has 4 aromatic rings. The molecule has 0 spiro atoms. The van der Waals surface area contributed by atoms with Crippen LogP contribution < -0.4 is 5.01 Å². The zero-order chi connectivity index (χ0) is 26.5. The van der Waals surface area contributed by atoms with E-state index in [0.717, 1.165) is 27.0 Å². The van der Waals surface area contributed by atoms with Crippen molar-refractivity contribution in [3.8, 4) is 0 Å². The Hall–Kier alpha value is -3.55. The summed E-state index contributed by atoms with van der Waals surface area (Å²) < 4.78 is 44.1. The topological polar surface area (TPSA) is 37.6 Å². The second-order valence-corrected chi connectivity index (χ2v) is 9.64. The number of hydrazone groups is 1. The standard InChI is InChI=1S/C28H20Cl2F3N3O/c1-16-8-11-25-22(12-16)21(17(2)35(25)15-18-9-10-19(29)13-24(18)30)14-23-26(28(31,32)33)34-36(27(23)37)20-6-4-3-5-7-20/h3-14H,15H2,1-2H3/b23-14+. The molecule has 0 radical (unpaired) electrons. The van der Waals surface area contributed by atoms with Gasteiger partial charge in [0.2, 0.25) is 0 Å². The number of para-hydroxylation sites is 1. The van der Waals surface area contributed by atoms with E-state index < -0.39 is 23.4 Å². The summed E-state index contributed by atoms with van der Waals surface area (Å²) in [6.45, 7) is 4.08. The Balaban J connectivity index is 1.68. The van der Waals surface area contributed by atoms with E-state index in [0.29, 0.717) is 27.8 Å². The van der Waals surface area contributed by atoms with Crippen molar-refractivity contribution in [3.63, 3.8) is 0 Å². The van der Waals surface area contributed by atoms with Crippen molar-refractivity contribution in [2.45, 2.75) is 26.6 Å². The molecule has 9 heteroatoms. The number of hydrogen-bond acceptors (Lipinski definition) is 2. The molecule has 0 saturated heterocycles. The number of anilines is 1. The van der Waals surface area contributed by atoms with E-state index in [1.54, 1.807) is 30.3 Å².